The third kappa shape index (κ3) is 5.90. The third-order valence-electron chi connectivity index (χ3n) is 5.10. The van der Waals surface area contributed by atoms with Gasteiger partial charge in [0, 0.05) is 13.1 Å². The number of rotatable bonds is 9. The molecule has 174 valence electrons. The average molecular weight is 457 g/mol. The van der Waals surface area contributed by atoms with Gasteiger partial charge in [-0.05, 0) is 12.3 Å². The molecule has 2 amide bonds. The highest BCUT2D eigenvalue weighted by Gasteiger charge is 2.38. The van der Waals surface area contributed by atoms with Crippen molar-refractivity contribution >= 4 is 18.3 Å². The van der Waals surface area contributed by atoms with Crippen molar-refractivity contribution in [1.29, 1.82) is 0 Å². The monoisotopic (exact) mass is 457 g/mol. The summed E-state index contributed by atoms with van der Waals surface area (Å²) in [4.78, 5) is 30.5. The largest absolute Gasteiger partial charge is 0.434 e. The van der Waals surface area contributed by atoms with Crippen LogP contribution in [0.5, 0.6) is 0 Å². The molecule has 2 aromatic heterocycles. The van der Waals surface area contributed by atoms with Gasteiger partial charge in [0.25, 0.3) is 5.89 Å². The maximum atomic E-state index is 13.5. The van der Waals surface area contributed by atoms with Crippen LogP contribution in [-0.2, 0) is 15.8 Å². The van der Waals surface area contributed by atoms with Gasteiger partial charge in [0.1, 0.15) is 0 Å². The minimum Gasteiger partial charge on any atom is -0.421 e. The van der Waals surface area contributed by atoms with Crippen LogP contribution < -0.4 is 10.9 Å². The second-order valence-corrected chi connectivity index (χ2v) is 7.50. The predicted molar refractivity (Wildman–Crippen MR) is 101 cm³/mol. The fourth-order valence-corrected chi connectivity index (χ4v) is 3.62. The van der Waals surface area contributed by atoms with Crippen molar-refractivity contribution in [2.75, 3.05) is 12.0 Å². The Labute approximate surface area is 180 Å². The number of alkyl halides is 3. The van der Waals surface area contributed by atoms with E-state index in [1.165, 1.54) is 6.92 Å². The molecule has 2 aromatic rings. The molecule has 0 radical (unpaired) electrons. The number of aryl methyl sites for hydroxylation is 1. The number of carbonyl (C=O) groups is 2. The lowest BCUT2D eigenvalue weighted by Gasteiger charge is -2.22. The van der Waals surface area contributed by atoms with Gasteiger partial charge in [-0.25, -0.2) is 15.0 Å². The number of carbonyl (C=O) groups excluding carboxylic acids is 2. The van der Waals surface area contributed by atoms with Crippen molar-refractivity contribution < 1.29 is 32.4 Å². The van der Waals surface area contributed by atoms with Crippen LogP contribution in [0.15, 0.2) is 10.6 Å². The van der Waals surface area contributed by atoms with Gasteiger partial charge in [0.05, 0.1) is 18.0 Å². The summed E-state index contributed by atoms with van der Waals surface area (Å²) in [6.45, 7) is 1.17. The second-order valence-electron chi connectivity index (χ2n) is 7.50. The first kappa shape index (κ1) is 23.4. The third-order valence-corrected chi connectivity index (χ3v) is 5.10. The number of nitrogens with one attached hydrogen (secondary N) is 2. The molecule has 14 heteroatoms. The van der Waals surface area contributed by atoms with Crippen molar-refractivity contribution in [2.45, 2.75) is 45.2 Å². The second kappa shape index (κ2) is 9.89. The molecule has 1 aliphatic carbocycles. The highest BCUT2D eigenvalue weighted by atomic mass is 19.4. The molecule has 3 rings (SSSR count). The number of amides is 2. The fourth-order valence-electron chi connectivity index (χ4n) is 3.62. The van der Waals surface area contributed by atoms with Gasteiger partial charge in [-0.15, -0.1) is 10.2 Å². The first-order chi connectivity index (χ1) is 15.2. The van der Waals surface area contributed by atoms with Crippen LogP contribution >= 0.6 is 0 Å². The molecule has 32 heavy (non-hydrogen) atoms. The fraction of sp³-hybridized carbons (Fsp3) is 0.556. The van der Waals surface area contributed by atoms with E-state index in [9.17, 15) is 28.0 Å². The molecule has 1 unspecified atom stereocenters. The number of nitrogens with zero attached hydrogens (tertiary/aromatic N) is 5. The summed E-state index contributed by atoms with van der Waals surface area (Å²) < 4.78 is 45.5. The standard InChI is InChI=1S/C18H22F3N7O4/c1-10-24-26-16(32-10)13-7-22-17(23-14(13)18(19,20)21)27-25-15(30)12(8-28(31)9-29)6-11-4-2-3-5-11/h7,9,11-12,31H,2-6,8H2,1H3,(H,25,30)(H,22,23,27). The van der Waals surface area contributed by atoms with Crippen LogP contribution in [0.3, 0.4) is 0 Å². The summed E-state index contributed by atoms with van der Waals surface area (Å²) >= 11 is 0. The summed E-state index contributed by atoms with van der Waals surface area (Å²) in [6, 6.07) is 0. The summed E-state index contributed by atoms with van der Waals surface area (Å²) in [7, 11) is 0. The molecule has 0 aliphatic heterocycles. The van der Waals surface area contributed by atoms with E-state index in [2.05, 4.69) is 31.0 Å². The van der Waals surface area contributed by atoms with E-state index in [1.807, 2.05) is 0 Å². The van der Waals surface area contributed by atoms with E-state index in [-0.39, 0.29) is 30.7 Å². The van der Waals surface area contributed by atoms with Crippen molar-refractivity contribution in [3.8, 4) is 11.5 Å². The Morgan fingerprint density at radius 1 is 1.38 bits per heavy atom. The molecule has 0 saturated heterocycles. The summed E-state index contributed by atoms with van der Waals surface area (Å²) in [6.07, 6.45) is 0.530. The average Bonchev–Trinajstić information content (AvgIpc) is 3.42. The number of hydrazine groups is 1. The SMILES string of the molecule is Cc1nnc(-c2cnc(NNC(=O)C(CC3CCCC3)CN(O)C=O)nc2C(F)(F)F)o1. The molecule has 1 fully saturated rings. The maximum absolute atomic E-state index is 13.5. The molecular weight excluding hydrogens is 435 g/mol. The van der Waals surface area contributed by atoms with Gasteiger partial charge in [0.15, 0.2) is 5.69 Å². The number of hydroxylamine groups is 2. The molecular formula is C18H22F3N7O4. The van der Waals surface area contributed by atoms with Crippen LogP contribution in [0.25, 0.3) is 11.5 Å². The van der Waals surface area contributed by atoms with Gasteiger partial charge in [-0.1, -0.05) is 25.7 Å². The number of halogens is 3. The number of aromatic nitrogens is 4. The van der Waals surface area contributed by atoms with Crippen LogP contribution in [0, 0.1) is 18.8 Å². The zero-order valence-corrected chi connectivity index (χ0v) is 17.1. The molecule has 1 aliphatic rings. The Morgan fingerprint density at radius 2 is 2.09 bits per heavy atom. The Bertz CT molecular complexity index is 947. The van der Waals surface area contributed by atoms with Gasteiger partial charge in [-0.2, -0.15) is 13.2 Å². The van der Waals surface area contributed by atoms with Crippen molar-refractivity contribution in [1.82, 2.24) is 30.7 Å². The zero-order valence-electron chi connectivity index (χ0n) is 17.1. The maximum Gasteiger partial charge on any atom is 0.434 e. The normalized spacial score (nSPS) is 15.4. The smallest absolute Gasteiger partial charge is 0.421 e. The summed E-state index contributed by atoms with van der Waals surface area (Å²) in [5, 5.41) is 16.9. The van der Waals surface area contributed by atoms with E-state index < -0.39 is 35.2 Å². The van der Waals surface area contributed by atoms with E-state index in [1.54, 1.807) is 0 Å². The van der Waals surface area contributed by atoms with E-state index in [4.69, 9.17) is 4.42 Å². The van der Waals surface area contributed by atoms with Crippen molar-refractivity contribution in [3.63, 3.8) is 0 Å². The Kier molecular flexibility index (Phi) is 7.22. The van der Waals surface area contributed by atoms with E-state index in [0.29, 0.717) is 11.5 Å². The zero-order chi connectivity index (χ0) is 23.3. The predicted octanol–water partition coefficient (Wildman–Crippen LogP) is 2.34. The van der Waals surface area contributed by atoms with Crippen LogP contribution in [0.1, 0.15) is 43.7 Å². The molecule has 1 saturated carbocycles. The molecule has 0 bridgehead atoms. The molecule has 0 aromatic carbocycles. The molecule has 1 atom stereocenters. The molecule has 2 heterocycles. The first-order valence-corrected chi connectivity index (χ1v) is 9.88. The minimum absolute atomic E-state index is 0.0733. The van der Waals surface area contributed by atoms with Crippen LogP contribution in [-0.4, -0.2) is 49.3 Å². The van der Waals surface area contributed by atoms with Crippen LogP contribution in [0.2, 0.25) is 0 Å². The van der Waals surface area contributed by atoms with Crippen molar-refractivity contribution in [2.24, 2.45) is 11.8 Å². The summed E-state index contributed by atoms with van der Waals surface area (Å²) in [5.41, 5.74) is 2.69. The van der Waals surface area contributed by atoms with Gasteiger partial charge in [-0.3, -0.25) is 25.6 Å². The Hall–Kier alpha value is -3.29. The first-order valence-electron chi connectivity index (χ1n) is 9.88. The summed E-state index contributed by atoms with van der Waals surface area (Å²) in [5.74, 6) is -1.96. The van der Waals surface area contributed by atoms with E-state index >= 15 is 0 Å². The quantitative estimate of drug-likeness (QED) is 0.293. The lowest BCUT2D eigenvalue weighted by molar-refractivity contribution is -0.154. The molecule has 3 N–H and O–H groups in total. The number of hydrogen-bond donors (Lipinski definition) is 3. The van der Waals surface area contributed by atoms with Gasteiger partial charge in [0.2, 0.25) is 24.2 Å². The Balaban J connectivity index is 1.73. The number of anilines is 1. The highest BCUT2D eigenvalue weighted by Crippen LogP contribution is 2.35. The lowest BCUT2D eigenvalue weighted by atomic mass is 9.92. The number of hydrogen-bond acceptors (Lipinski definition) is 9. The minimum atomic E-state index is -4.85. The molecule has 11 nitrogen and oxygen atoms in total. The highest BCUT2D eigenvalue weighted by molar-refractivity contribution is 5.80. The van der Waals surface area contributed by atoms with Gasteiger partial charge < -0.3 is 4.42 Å². The van der Waals surface area contributed by atoms with E-state index in [0.717, 1.165) is 31.9 Å². The lowest BCUT2D eigenvalue weighted by Crippen LogP contribution is -2.41. The topological polar surface area (TPSA) is 146 Å². The van der Waals surface area contributed by atoms with Gasteiger partial charge >= 0.3 is 6.18 Å². The van der Waals surface area contributed by atoms with Crippen LogP contribution in [0.4, 0.5) is 19.1 Å². The molecule has 0 spiro atoms. The van der Waals surface area contributed by atoms with Crippen molar-refractivity contribution in [3.05, 3.63) is 17.8 Å². The Morgan fingerprint density at radius 3 is 2.69 bits per heavy atom.